The molecular formula is C14H17NO6S2. The molecule has 7 nitrogen and oxygen atoms in total. The first kappa shape index (κ1) is 16.6. The molecule has 23 heavy (non-hydrogen) atoms. The SMILES string of the molecule is O=C1CS(=O)c2ccc(S(=O)(=O)O)cc2N1CC1CCOCC1. The number of hydrogen-bond acceptors (Lipinski definition) is 5. The summed E-state index contributed by atoms with van der Waals surface area (Å²) in [7, 11) is -5.88. The molecule has 0 bridgehead atoms. The van der Waals surface area contributed by atoms with Crippen LogP contribution >= 0.6 is 0 Å². The normalized spacial score (nSPS) is 22.9. The second-order valence-electron chi connectivity index (χ2n) is 5.65. The van der Waals surface area contributed by atoms with Crippen LogP contribution in [0.3, 0.4) is 0 Å². The van der Waals surface area contributed by atoms with E-state index in [0.29, 0.717) is 30.3 Å². The maximum Gasteiger partial charge on any atom is 0.294 e. The molecule has 2 heterocycles. The highest BCUT2D eigenvalue weighted by Crippen LogP contribution is 2.33. The van der Waals surface area contributed by atoms with Gasteiger partial charge in [0.1, 0.15) is 5.75 Å². The van der Waals surface area contributed by atoms with Crippen molar-refractivity contribution in [2.45, 2.75) is 22.6 Å². The van der Waals surface area contributed by atoms with Gasteiger partial charge in [-0.25, -0.2) is 0 Å². The molecule has 0 saturated carbocycles. The van der Waals surface area contributed by atoms with Crippen LogP contribution < -0.4 is 4.90 Å². The van der Waals surface area contributed by atoms with E-state index in [2.05, 4.69) is 0 Å². The molecule has 0 aliphatic carbocycles. The third kappa shape index (κ3) is 3.47. The van der Waals surface area contributed by atoms with Crippen LogP contribution in [0.4, 0.5) is 5.69 Å². The van der Waals surface area contributed by atoms with Crippen LogP contribution in [0, 0.1) is 5.92 Å². The number of benzene rings is 1. The van der Waals surface area contributed by atoms with E-state index in [0.717, 1.165) is 12.8 Å². The van der Waals surface area contributed by atoms with Gasteiger partial charge >= 0.3 is 0 Å². The van der Waals surface area contributed by atoms with Crippen LogP contribution in [-0.2, 0) is 30.4 Å². The second kappa shape index (κ2) is 6.31. The summed E-state index contributed by atoms with van der Waals surface area (Å²) in [4.78, 5) is 13.9. The van der Waals surface area contributed by atoms with Crippen LogP contribution in [-0.4, -0.2) is 48.6 Å². The standard InChI is InChI=1S/C14H17NO6S2/c16-14-9-22(17)13-2-1-11(23(18,19)20)7-12(13)15(14)8-10-3-5-21-6-4-10/h1-2,7,10H,3-6,8-9H2,(H,18,19,20). The number of amides is 1. The maximum absolute atomic E-state index is 12.3. The summed E-state index contributed by atoms with van der Waals surface area (Å²) < 4.78 is 49.3. The number of rotatable bonds is 3. The van der Waals surface area contributed by atoms with E-state index in [1.54, 1.807) is 0 Å². The topological polar surface area (TPSA) is 101 Å². The summed E-state index contributed by atoms with van der Waals surface area (Å²) in [5.74, 6) is -0.155. The van der Waals surface area contributed by atoms with Gasteiger partial charge in [0, 0.05) is 19.8 Å². The molecule has 9 heteroatoms. The van der Waals surface area contributed by atoms with Crippen LogP contribution in [0.25, 0.3) is 0 Å². The van der Waals surface area contributed by atoms with E-state index >= 15 is 0 Å². The van der Waals surface area contributed by atoms with Gasteiger partial charge in [0.05, 0.1) is 26.3 Å². The van der Waals surface area contributed by atoms with Gasteiger partial charge in [0.2, 0.25) is 5.91 Å². The van der Waals surface area contributed by atoms with Crippen molar-refractivity contribution >= 4 is 32.5 Å². The molecule has 1 unspecified atom stereocenters. The highest BCUT2D eigenvalue weighted by atomic mass is 32.2. The Kier molecular flexibility index (Phi) is 4.54. The van der Waals surface area contributed by atoms with Gasteiger partial charge in [-0.2, -0.15) is 8.42 Å². The van der Waals surface area contributed by atoms with E-state index in [9.17, 15) is 22.0 Å². The Morgan fingerprint density at radius 3 is 2.65 bits per heavy atom. The van der Waals surface area contributed by atoms with Crippen LogP contribution in [0.1, 0.15) is 12.8 Å². The van der Waals surface area contributed by atoms with Crippen molar-refractivity contribution in [2.75, 3.05) is 30.4 Å². The van der Waals surface area contributed by atoms with Crippen LogP contribution in [0.15, 0.2) is 28.0 Å². The Morgan fingerprint density at radius 1 is 1.30 bits per heavy atom. The number of carbonyl (C=O) groups excluding carboxylic acids is 1. The minimum atomic E-state index is -4.38. The zero-order valence-electron chi connectivity index (χ0n) is 12.3. The molecule has 1 aromatic rings. The molecule has 2 aliphatic rings. The minimum Gasteiger partial charge on any atom is -0.381 e. The molecule has 1 aromatic carbocycles. The highest BCUT2D eigenvalue weighted by molar-refractivity contribution is 7.86. The van der Waals surface area contributed by atoms with Gasteiger partial charge in [-0.05, 0) is 37.0 Å². The van der Waals surface area contributed by atoms with Crippen LogP contribution in [0.5, 0.6) is 0 Å². The molecule has 1 atom stereocenters. The first-order chi connectivity index (χ1) is 10.9. The van der Waals surface area contributed by atoms with Gasteiger partial charge in [0.25, 0.3) is 10.1 Å². The van der Waals surface area contributed by atoms with E-state index in [1.807, 2.05) is 0 Å². The van der Waals surface area contributed by atoms with Gasteiger partial charge in [-0.15, -0.1) is 0 Å². The predicted octanol–water partition coefficient (Wildman–Crippen LogP) is 0.814. The lowest BCUT2D eigenvalue weighted by molar-refractivity contribution is -0.116. The fraction of sp³-hybridized carbons (Fsp3) is 0.500. The zero-order chi connectivity index (χ0) is 16.6. The smallest absolute Gasteiger partial charge is 0.294 e. The lowest BCUT2D eigenvalue weighted by atomic mass is 9.99. The Balaban J connectivity index is 1.98. The first-order valence-electron chi connectivity index (χ1n) is 7.24. The number of ether oxygens (including phenoxy) is 1. The average molecular weight is 359 g/mol. The number of carbonyl (C=O) groups is 1. The molecular weight excluding hydrogens is 342 g/mol. The van der Waals surface area contributed by atoms with Crippen molar-refractivity contribution < 1.29 is 26.7 Å². The molecule has 1 amide bonds. The zero-order valence-corrected chi connectivity index (χ0v) is 13.9. The molecule has 0 spiro atoms. The lowest BCUT2D eigenvalue weighted by Crippen LogP contribution is -2.43. The molecule has 1 saturated heterocycles. The highest BCUT2D eigenvalue weighted by Gasteiger charge is 2.32. The quantitative estimate of drug-likeness (QED) is 0.802. The Bertz CT molecular complexity index is 755. The van der Waals surface area contributed by atoms with E-state index in [-0.39, 0.29) is 22.5 Å². The third-order valence-electron chi connectivity index (χ3n) is 4.10. The number of nitrogens with zero attached hydrogens (tertiary/aromatic N) is 1. The largest absolute Gasteiger partial charge is 0.381 e. The summed E-state index contributed by atoms with van der Waals surface area (Å²) >= 11 is 0. The molecule has 1 N–H and O–H groups in total. The molecule has 126 valence electrons. The van der Waals surface area contributed by atoms with Gasteiger partial charge in [-0.3, -0.25) is 13.6 Å². The Hall–Kier alpha value is -1.29. The fourth-order valence-corrected chi connectivity index (χ4v) is 4.51. The van der Waals surface area contributed by atoms with Crippen molar-refractivity contribution in [2.24, 2.45) is 5.92 Å². The van der Waals surface area contributed by atoms with Gasteiger partial charge in [-0.1, -0.05) is 0 Å². The van der Waals surface area contributed by atoms with Crippen molar-refractivity contribution in [1.82, 2.24) is 0 Å². The maximum atomic E-state index is 12.3. The Labute approximate surface area is 136 Å². The van der Waals surface area contributed by atoms with E-state index in [4.69, 9.17) is 4.74 Å². The number of hydrogen-bond donors (Lipinski definition) is 1. The van der Waals surface area contributed by atoms with Crippen molar-refractivity contribution in [3.05, 3.63) is 18.2 Å². The first-order valence-corrected chi connectivity index (χ1v) is 10.00. The minimum absolute atomic E-state index is 0.110. The van der Waals surface area contributed by atoms with Gasteiger partial charge in [0.15, 0.2) is 0 Å². The molecule has 0 aromatic heterocycles. The van der Waals surface area contributed by atoms with E-state index < -0.39 is 20.9 Å². The van der Waals surface area contributed by atoms with Gasteiger partial charge < -0.3 is 9.64 Å². The summed E-state index contributed by atoms with van der Waals surface area (Å²) in [6, 6.07) is 3.82. The van der Waals surface area contributed by atoms with Crippen LogP contribution in [0.2, 0.25) is 0 Å². The molecule has 2 aliphatic heterocycles. The number of fused-ring (bicyclic) bond motifs is 1. The molecule has 3 rings (SSSR count). The summed E-state index contributed by atoms with van der Waals surface area (Å²) in [6.07, 6.45) is 1.64. The average Bonchev–Trinajstić information content (AvgIpc) is 2.51. The third-order valence-corrected chi connectivity index (χ3v) is 6.30. The summed E-state index contributed by atoms with van der Waals surface area (Å²) in [5.41, 5.74) is 0.307. The number of anilines is 1. The molecule has 0 radical (unpaired) electrons. The Morgan fingerprint density at radius 2 is 2.00 bits per heavy atom. The summed E-state index contributed by atoms with van der Waals surface area (Å²) in [6.45, 7) is 1.70. The lowest BCUT2D eigenvalue weighted by Gasteiger charge is -2.33. The van der Waals surface area contributed by atoms with Crippen molar-refractivity contribution in [3.8, 4) is 0 Å². The van der Waals surface area contributed by atoms with Crippen molar-refractivity contribution in [1.29, 1.82) is 0 Å². The van der Waals surface area contributed by atoms with Crippen molar-refractivity contribution in [3.63, 3.8) is 0 Å². The monoisotopic (exact) mass is 359 g/mol. The predicted molar refractivity (Wildman–Crippen MR) is 83.4 cm³/mol. The van der Waals surface area contributed by atoms with E-state index in [1.165, 1.54) is 23.1 Å². The summed E-state index contributed by atoms with van der Waals surface area (Å²) in [5, 5.41) is 0. The fourth-order valence-electron chi connectivity index (χ4n) is 2.85. The molecule has 1 fully saturated rings. The second-order valence-corrected chi connectivity index (χ2v) is 8.50.